The zero-order valence-electron chi connectivity index (χ0n) is 9.02. The number of nitrogens with zero attached hydrogens (tertiary/aromatic N) is 2. The summed E-state index contributed by atoms with van der Waals surface area (Å²) in [4.78, 5) is 17.5. The van der Waals surface area contributed by atoms with Crippen LogP contribution in [0.4, 0.5) is 5.69 Å². The predicted octanol–water partition coefficient (Wildman–Crippen LogP) is 2.60. The second-order valence-corrected chi connectivity index (χ2v) is 3.67. The lowest BCUT2D eigenvalue weighted by Gasteiger charge is -2.00. The minimum atomic E-state index is -0.382. The van der Waals surface area contributed by atoms with E-state index in [-0.39, 0.29) is 10.6 Å². The molecule has 1 heterocycles. The number of imidazole rings is 1. The van der Waals surface area contributed by atoms with Gasteiger partial charge in [0.1, 0.15) is 5.82 Å². The van der Waals surface area contributed by atoms with Crippen molar-refractivity contribution in [3.05, 3.63) is 45.8 Å². The smallest absolute Gasteiger partial charge is 0.272 e. The molecule has 0 atom stereocenters. The van der Waals surface area contributed by atoms with E-state index >= 15 is 0 Å². The van der Waals surface area contributed by atoms with Crippen molar-refractivity contribution in [3.8, 4) is 11.4 Å². The number of rotatable bonds is 2. The van der Waals surface area contributed by atoms with Crippen molar-refractivity contribution < 1.29 is 4.92 Å². The second-order valence-electron chi connectivity index (χ2n) is 3.67. The van der Waals surface area contributed by atoms with E-state index in [4.69, 9.17) is 0 Å². The van der Waals surface area contributed by atoms with Gasteiger partial charge in [-0.25, -0.2) is 4.98 Å². The normalized spacial score (nSPS) is 10.4. The summed E-state index contributed by atoms with van der Waals surface area (Å²) in [5.74, 6) is 0.732. The summed E-state index contributed by atoms with van der Waals surface area (Å²) < 4.78 is 0. The number of aromatic nitrogens is 2. The minimum Gasteiger partial charge on any atom is -0.342 e. The van der Waals surface area contributed by atoms with Crippen LogP contribution >= 0.6 is 0 Å². The first-order valence-electron chi connectivity index (χ1n) is 4.85. The van der Waals surface area contributed by atoms with Crippen LogP contribution in [0.2, 0.25) is 0 Å². The Bertz CT molecular complexity index is 546. The molecule has 0 aliphatic carbocycles. The number of hydrogen-bond donors (Lipinski definition) is 1. The maximum atomic E-state index is 10.7. The third-order valence-electron chi connectivity index (χ3n) is 2.37. The molecule has 1 aromatic carbocycles. The van der Waals surface area contributed by atoms with Crippen LogP contribution in [0.25, 0.3) is 11.4 Å². The molecule has 0 saturated heterocycles. The van der Waals surface area contributed by atoms with Crippen LogP contribution < -0.4 is 0 Å². The van der Waals surface area contributed by atoms with E-state index in [0.29, 0.717) is 5.56 Å². The maximum absolute atomic E-state index is 10.7. The quantitative estimate of drug-likeness (QED) is 0.620. The van der Waals surface area contributed by atoms with Gasteiger partial charge in [0.15, 0.2) is 0 Å². The summed E-state index contributed by atoms with van der Waals surface area (Å²) in [6.45, 7) is 3.63. The summed E-state index contributed by atoms with van der Waals surface area (Å²) in [5, 5.41) is 10.7. The summed E-state index contributed by atoms with van der Waals surface area (Å²) in [6.07, 6.45) is 1.73. The van der Waals surface area contributed by atoms with Crippen LogP contribution in [0.3, 0.4) is 0 Å². The lowest BCUT2D eigenvalue weighted by Crippen LogP contribution is -1.92. The van der Waals surface area contributed by atoms with Crippen molar-refractivity contribution in [2.75, 3.05) is 0 Å². The van der Waals surface area contributed by atoms with Crippen molar-refractivity contribution in [2.24, 2.45) is 0 Å². The van der Waals surface area contributed by atoms with Gasteiger partial charge in [0.25, 0.3) is 5.69 Å². The number of benzene rings is 1. The average molecular weight is 217 g/mol. The highest BCUT2D eigenvalue weighted by atomic mass is 16.6. The average Bonchev–Trinajstić information content (AvgIpc) is 2.64. The van der Waals surface area contributed by atoms with Gasteiger partial charge in [-0.2, -0.15) is 0 Å². The van der Waals surface area contributed by atoms with E-state index in [1.807, 2.05) is 6.92 Å². The molecule has 0 unspecified atom stereocenters. The number of H-pyrrole nitrogens is 1. The summed E-state index contributed by atoms with van der Waals surface area (Å²) in [6, 6.07) is 4.96. The van der Waals surface area contributed by atoms with E-state index in [2.05, 4.69) is 9.97 Å². The van der Waals surface area contributed by atoms with Gasteiger partial charge in [0.05, 0.1) is 4.92 Å². The molecule has 0 radical (unpaired) electrons. The topological polar surface area (TPSA) is 71.8 Å². The number of nitrogens with one attached hydrogen (secondary N) is 1. The molecule has 5 nitrogen and oxygen atoms in total. The van der Waals surface area contributed by atoms with Gasteiger partial charge in [-0.15, -0.1) is 0 Å². The fourth-order valence-corrected chi connectivity index (χ4v) is 1.57. The molecular formula is C11H11N3O2. The first-order valence-corrected chi connectivity index (χ1v) is 4.85. The fourth-order valence-electron chi connectivity index (χ4n) is 1.57. The van der Waals surface area contributed by atoms with Crippen LogP contribution in [0.5, 0.6) is 0 Å². The molecular weight excluding hydrogens is 206 g/mol. The Morgan fingerprint density at radius 2 is 2.12 bits per heavy atom. The summed E-state index contributed by atoms with van der Waals surface area (Å²) in [7, 11) is 0. The Morgan fingerprint density at radius 3 is 2.62 bits per heavy atom. The maximum Gasteiger partial charge on any atom is 0.272 e. The van der Waals surface area contributed by atoms with Crippen molar-refractivity contribution in [1.29, 1.82) is 0 Å². The van der Waals surface area contributed by atoms with Gasteiger partial charge in [0, 0.05) is 29.1 Å². The standard InChI is InChI=1S/C11H11N3O2/c1-7-5-9(3-4-10(7)14(15)16)11-12-6-8(2)13-11/h3-6H,1-2H3,(H,12,13). The molecule has 0 fully saturated rings. The van der Waals surface area contributed by atoms with Crippen LogP contribution in [0, 0.1) is 24.0 Å². The first kappa shape index (κ1) is 10.4. The van der Waals surface area contributed by atoms with Gasteiger partial charge >= 0.3 is 0 Å². The summed E-state index contributed by atoms with van der Waals surface area (Å²) in [5.41, 5.74) is 2.59. The molecule has 82 valence electrons. The molecule has 0 spiro atoms. The fraction of sp³-hybridized carbons (Fsp3) is 0.182. The van der Waals surface area contributed by atoms with E-state index in [1.54, 1.807) is 25.3 Å². The molecule has 0 saturated carbocycles. The van der Waals surface area contributed by atoms with E-state index in [1.165, 1.54) is 6.07 Å². The second kappa shape index (κ2) is 3.77. The van der Waals surface area contributed by atoms with Gasteiger partial charge < -0.3 is 4.98 Å². The predicted molar refractivity (Wildman–Crippen MR) is 60.2 cm³/mol. The lowest BCUT2D eigenvalue weighted by atomic mass is 10.1. The molecule has 2 aromatic rings. The highest BCUT2D eigenvalue weighted by Crippen LogP contribution is 2.24. The third-order valence-corrected chi connectivity index (χ3v) is 2.37. The Hall–Kier alpha value is -2.17. The Morgan fingerprint density at radius 1 is 1.38 bits per heavy atom. The van der Waals surface area contributed by atoms with E-state index < -0.39 is 0 Å². The van der Waals surface area contributed by atoms with Crippen LogP contribution in [-0.2, 0) is 0 Å². The minimum absolute atomic E-state index is 0.132. The Kier molecular flexibility index (Phi) is 2.44. The first-order chi connectivity index (χ1) is 7.58. The molecule has 0 bridgehead atoms. The molecule has 1 N–H and O–H groups in total. The van der Waals surface area contributed by atoms with Crippen molar-refractivity contribution in [1.82, 2.24) is 9.97 Å². The number of nitro benzene ring substituents is 1. The number of aromatic amines is 1. The molecule has 2 rings (SSSR count). The lowest BCUT2D eigenvalue weighted by molar-refractivity contribution is -0.385. The number of aryl methyl sites for hydroxylation is 2. The van der Waals surface area contributed by atoms with E-state index in [0.717, 1.165) is 17.1 Å². The Labute approximate surface area is 92.3 Å². The zero-order chi connectivity index (χ0) is 11.7. The molecule has 0 aliphatic rings. The van der Waals surface area contributed by atoms with Crippen molar-refractivity contribution in [2.45, 2.75) is 13.8 Å². The van der Waals surface area contributed by atoms with Crippen LogP contribution in [0.15, 0.2) is 24.4 Å². The third kappa shape index (κ3) is 1.79. The molecule has 1 aromatic heterocycles. The highest BCUT2D eigenvalue weighted by Gasteiger charge is 2.11. The zero-order valence-corrected chi connectivity index (χ0v) is 9.02. The van der Waals surface area contributed by atoms with Gasteiger partial charge in [-0.3, -0.25) is 10.1 Å². The monoisotopic (exact) mass is 217 g/mol. The Balaban J connectivity index is 2.45. The van der Waals surface area contributed by atoms with Gasteiger partial charge in [-0.05, 0) is 26.0 Å². The molecule has 16 heavy (non-hydrogen) atoms. The number of hydrogen-bond acceptors (Lipinski definition) is 3. The highest BCUT2D eigenvalue weighted by molar-refractivity contribution is 5.60. The molecule has 5 heteroatoms. The van der Waals surface area contributed by atoms with Crippen molar-refractivity contribution in [3.63, 3.8) is 0 Å². The molecule has 0 amide bonds. The van der Waals surface area contributed by atoms with Crippen molar-refractivity contribution >= 4 is 5.69 Å². The van der Waals surface area contributed by atoms with Crippen LogP contribution in [-0.4, -0.2) is 14.9 Å². The van der Waals surface area contributed by atoms with E-state index in [9.17, 15) is 10.1 Å². The SMILES string of the molecule is Cc1cnc(-c2ccc([N+](=O)[O-])c(C)c2)[nH]1. The number of nitro groups is 1. The van der Waals surface area contributed by atoms with Crippen LogP contribution in [0.1, 0.15) is 11.3 Å². The van der Waals surface area contributed by atoms with Gasteiger partial charge in [0.2, 0.25) is 0 Å². The summed E-state index contributed by atoms with van der Waals surface area (Å²) >= 11 is 0. The molecule has 0 aliphatic heterocycles. The largest absolute Gasteiger partial charge is 0.342 e. The van der Waals surface area contributed by atoms with Gasteiger partial charge in [-0.1, -0.05) is 0 Å².